The number of aromatic nitrogens is 2. The lowest BCUT2D eigenvalue weighted by molar-refractivity contribution is 0.126. The van der Waals surface area contributed by atoms with E-state index in [-0.39, 0.29) is 12.2 Å². The average Bonchev–Trinajstić information content (AvgIpc) is 3.10. The fourth-order valence-electron chi connectivity index (χ4n) is 3.54. The third-order valence-corrected chi connectivity index (χ3v) is 7.25. The van der Waals surface area contributed by atoms with Crippen LogP contribution in [0.15, 0.2) is 40.3 Å². The molecule has 3 aromatic rings. The summed E-state index contributed by atoms with van der Waals surface area (Å²) < 4.78 is 7.35. The summed E-state index contributed by atoms with van der Waals surface area (Å²) in [5, 5.41) is 11.8. The number of hydrogen-bond acceptors (Lipinski definition) is 6. The number of thiophene rings is 1. The van der Waals surface area contributed by atoms with Crippen LogP contribution < -0.4 is 10.3 Å². The van der Waals surface area contributed by atoms with E-state index in [2.05, 4.69) is 0 Å². The fraction of sp³-hybridized carbons (Fsp3) is 0.429. The van der Waals surface area contributed by atoms with Crippen molar-refractivity contribution in [2.45, 2.75) is 50.4 Å². The fourth-order valence-corrected chi connectivity index (χ4v) is 5.81. The number of rotatable bonds is 7. The number of para-hydroxylation sites is 1. The third kappa shape index (κ3) is 3.97. The second kappa shape index (κ2) is 8.68. The number of hydrogen-bond donors (Lipinski definition) is 1. The molecule has 1 atom stereocenters. The molecule has 2 heterocycles. The quantitative estimate of drug-likeness (QED) is 0.468. The van der Waals surface area contributed by atoms with E-state index in [0.29, 0.717) is 17.5 Å². The molecule has 5 nitrogen and oxygen atoms in total. The zero-order valence-electron chi connectivity index (χ0n) is 15.9. The molecule has 0 amide bonds. The standard InChI is InChI=1S/C21H24N2O3S2/c1-2-23-20(25)18-16-10-6-7-11-17(16)28-19(18)22-21(23)27-13-14(24)12-26-15-8-4-3-5-9-15/h3-5,8-9,14,24H,2,6-7,10-13H2,1H3/t14-/m0/s1. The number of thioether (sulfide) groups is 1. The van der Waals surface area contributed by atoms with E-state index >= 15 is 0 Å². The SMILES string of the molecule is CCn1c(SC[C@@H](O)COc2ccccc2)nc2sc3c(c2c1=O)CCCC3. The van der Waals surface area contributed by atoms with Gasteiger partial charge in [-0.25, -0.2) is 4.98 Å². The molecule has 1 aliphatic rings. The molecule has 0 saturated heterocycles. The summed E-state index contributed by atoms with van der Waals surface area (Å²) in [6.07, 6.45) is 3.74. The number of aliphatic hydroxyl groups is 1. The zero-order valence-corrected chi connectivity index (χ0v) is 17.5. The van der Waals surface area contributed by atoms with Gasteiger partial charge in [0.15, 0.2) is 5.16 Å². The van der Waals surface area contributed by atoms with E-state index in [4.69, 9.17) is 9.72 Å². The molecular formula is C21H24N2O3S2. The molecule has 4 rings (SSSR count). The molecule has 0 radical (unpaired) electrons. The number of nitrogens with zero attached hydrogens (tertiary/aromatic N) is 2. The summed E-state index contributed by atoms with van der Waals surface area (Å²) in [6, 6.07) is 9.45. The monoisotopic (exact) mass is 416 g/mol. The molecular weight excluding hydrogens is 392 g/mol. The van der Waals surface area contributed by atoms with Crippen LogP contribution in [0.1, 0.15) is 30.2 Å². The number of ether oxygens (including phenoxy) is 1. The highest BCUT2D eigenvalue weighted by atomic mass is 32.2. The van der Waals surface area contributed by atoms with Crippen molar-refractivity contribution in [1.82, 2.24) is 9.55 Å². The van der Waals surface area contributed by atoms with Crippen molar-refractivity contribution in [3.63, 3.8) is 0 Å². The Morgan fingerprint density at radius 3 is 2.86 bits per heavy atom. The van der Waals surface area contributed by atoms with Gasteiger partial charge in [0.25, 0.3) is 5.56 Å². The Balaban J connectivity index is 1.51. The van der Waals surface area contributed by atoms with Crippen LogP contribution in [0.25, 0.3) is 10.2 Å². The molecule has 148 valence electrons. The minimum atomic E-state index is -0.639. The van der Waals surface area contributed by atoms with Crippen LogP contribution in [0, 0.1) is 0 Å². The highest BCUT2D eigenvalue weighted by Gasteiger charge is 2.22. The Hall–Kier alpha value is -1.83. The number of fused-ring (bicyclic) bond motifs is 3. The van der Waals surface area contributed by atoms with Crippen LogP contribution in [-0.2, 0) is 19.4 Å². The lowest BCUT2D eigenvalue weighted by atomic mass is 9.97. The van der Waals surface area contributed by atoms with E-state index in [0.717, 1.165) is 35.2 Å². The number of aryl methyl sites for hydroxylation is 2. The molecule has 7 heteroatoms. The van der Waals surface area contributed by atoms with E-state index in [1.54, 1.807) is 15.9 Å². The maximum absolute atomic E-state index is 13.1. The van der Waals surface area contributed by atoms with E-state index in [1.165, 1.54) is 28.6 Å². The first kappa shape index (κ1) is 19.5. The van der Waals surface area contributed by atoms with Gasteiger partial charge in [-0.15, -0.1) is 11.3 Å². The molecule has 1 N–H and O–H groups in total. The Kier molecular flexibility index (Phi) is 6.04. The van der Waals surface area contributed by atoms with Gasteiger partial charge in [-0.3, -0.25) is 9.36 Å². The largest absolute Gasteiger partial charge is 0.491 e. The molecule has 2 aromatic heterocycles. The van der Waals surface area contributed by atoms with Gasteiger partial charge in [-0.05, 0) is 50.3 Å². The van der Waals surface area contributed by atoms with Crippen LogP contribution >= 0.6 is 23.1 Å². The Labute approximate surface area is 172 Å². The van der Waals surface area contributed by atoms with Crippen LogP contribution in [0.2, 0.25) is 0 Å². The molecule has 0 bridgehead atoms. The maximum Gasteiger partial charge on any atom is 0.263 e. The number of aliphatic hydroxyl groups excluding tert-OH is 1. The summed E-state index contributed by atoms with van der Waals surface area (Å²) in [4.78, 5) is 20.1. The third-order valence-electron chi connectivity index (χ3n) is 4.95. The zero-order chi connectivity index (χ0) is 19.5. The first-order chi connectivity index (χ1) is 13.7. The van der Waals surface area contributed by atoms with Crippen molar-refractivity contribution in [2.24, 2.45) is 0 Å². The van der Waals surface area contributed by atoms with Crippen LogP contribution in [0.5, 0.6) is 5.75 Å². The van der Waals surface area contributed by atoms with E-state index < -0.39 is 6.10 Å². The van der Waals surface area contributed by atoms with E-state index in [1.807, 2.05) is 37.3 Å². The first-order valence-corrected chi connectivity index (χ1v) is 11.5. The smallest absolute Gasteiger partial charge is 0.263 e. The Morgan fingerprint density at radius 1 is 1.29 bits per heavy atom. The van der Waals surface area contributed by atoms with Gasteiger partial charge in [-0.1, -0.05) is 30.0 Å². The molecule has 0 unspecified atom stereocenters. The summed E-state index contributed by atoms with van der Waals surface area (Å²) in [6.45, 7) is 2.75. The van der Waals surface area contributed by atoms with Crippen molar-refractivity contribution >= 4 is 33.3 Å². The summed E-state index contributed by atoms with van der Waals surface area (Å²) in [5.41, 5.74) is 1.28. The van der Waals surface area contributed by atoms with Crippen molar-refractivity contribution < 1.29 is 9.84 Å². The van der Waals surface area contributed by atoms with Crippen molar-refractivity contribution in [1.29, 1.82) is 0 Å². The lowest BCUT2D eigenvalue weighted by Crippen LogP contribution is -2.25. The Bertz CT molecular complexity index is 1010. The van der Waals surface area contributed by atoms with Gasteiger partial charge in [-0.2, -0.15) is 0 Å². The molecule has 0 saturated carbocycles. The molecule has 28 heavy (non-hydrogen) atoms. The van der Waals surface area contributed by atoms with Crippen molar-refractivity contribution in [3.05, 3.63) is 51.1 Å². The van der Waals surface area contributed by atoms with Gasteiger partial charge < -0.3 is 9.84 Å². The Morgan fingerprint density at radius 2 is 2.07 bits per heavy atom. The minimum absolute atomic E-state index is 0.0597. The minimum Gasteiger partial charge on any atom is -0.491 e. The molecule has 0 aliphatic heterocycles. The molecule has 1 aliphatic carbocycles. The summed E-state index contributed by atoms with van der Waals surface area (Å²) >= 11 is 3.08. The van der Waals surface area contributed by atoms with Crippen molar-refractivity contribution in [2.75, 3.05) is 12.4 Å². The van der Waals surface area contributed by atoms with Crippen LogP contribution in [0.3, 0.4) is 0 Å². The first-order valence-electron chi connectivity index (χ1n) is 9.71. The van der Waals surface area contributed by atoms with Crippen molar-refractivity contribution in [3.8, 4) is 5.75 Å². The lowest BCUT2D eigenvalue weighted by Gasteiger charge is -2.14. The average molecular weight is 417 g/mol. The second-order valence-corrected chi connectivity index (χ2v) is 8.99. The predicted octanol–water partition coefficient (Wildman–Crippen LogP) is 3.89. The van der Waals surface area contributed by atoms with Gasteiger partial charge in [0, 0.05) is 17.2 Å². The van der Waals surface area contributed by atoms with Crippen LogP contribution in [0.4, 0.5) is 0 Å². The highest BCUT2D eigenvalue weighted by Crippen LogP contribution is 2.34. The van der Waals surface area contributed by atoms with Gasteiger partial charge in [0.1, 0.15) is 17.2 Å². The second-order valence-electron chi connectivity index (χ2n) is 6.92. The topological polar surface area (TPSA) is 64.3 Å². The van der Waals surface area contributed by atoms with Crippen LogP contribution in [-0.4, -0.2) is 33.1 Å². The van der Waals surface area contributed by atoms with Gasteiger partial charge in [0.2, 0.25) is 0 Å². The predicted molar refractivity (Wildman–Crippen MR) is 115 cm³/mol. The molecule has 1 aromatic carbocycles. The van der Waals surface area contributed by atoms with Gasteiger partial charge >= 0.3 is 0 Å². The summed E-state index contributed by atoms with van der Waals surface area (Å²) in [5.74, 6) is 1.16. The summed E-state index contributed by atoms with van der Waals surface area (Å²) in [7, 11) is 0. The van der Waals surface area contributed by atoms with E-state index in [9.17, 15) is 9.90 Å². The maximum atomic E-state index is 13.1. The normalized spacial score (nSPS) is 14.8. The number of benzene rings is 1. The molecule has 0 fully saturated rings. The highest BCUT2D eigenvalue weighted by molar-refractivity contribution is 7.99. The molecule has 0 spiro atoms. The van der Waals surface area contributed by atoms with Gasteiger partial charge in [0.05, 0.1) is 11.5 Å².